The molecule has 0 aliphatic carbocycles. The summed E-state index contributed by atoms with van der Waals surface area (Å²) in [5.74, 6) is 0. The highest BCUT2D eigenvalue weighted by Gasteiger charge is 2.30. The quantitative estimate of drug-likeness (QED) is 0.881. The van der Waals surface area contributed by atoms with E-state index < -0.39 is 21.3 Å². The van der Waals surface area contributed by atoms with Crippen LogP contribution >= 0.6 is 0 Å². The Bertz CT molecular complexity index is 527. The smallest absolute Gasteiger partial charge is 0.153 e. The lowest BCUT2D eigenvalue weighted by molar-refractivity contribution is -0.00519. The summed E-state index contributed by atoms with van der Waals surface area (Å²) in [5.41, 5.74) is 2.46. The number of fused-ring (bicyclic) bond motifs is 1. The maximum atomic E-state index is 11.5. The monoisotopic (exact) mass is 269 g/mol. The van der Waals surface area contributed by atoms with E-state index in [1.165, 1.54) is 17.4 Å². The van der Waals surface area contributed by atoms with Crippen LogP contribution in [0.3, 0.4) is 0 Å². The van der Waals surface area contributed by atoms with Gasteiger partial charge in [0.15, 0.2) is 9.84 Å². The number of sulfone groups is 1. The van der Waals surface area contributed by atoms with Gasteiger partial charge in [-0.2, -0.15) is 0 Å². The molecular formula is C13H19NO3S. The van der Waals surface area contributed by atoms with Crippen molar-refractivity contribution < 1.29 is 13.5 Å². The van der Waals surface area contributed by atoms with Gasteiger partial charge in [-0.05, 0) is 24.5 Å². The molecule has 1 heterocycles. The van der Waals surface area contributed by atoms with E-state index in [2.05, 4.69) is 6.07 Å². The van der Waals surface area contributed by atoms with E-state index in [4.69, 9.17) is 0 Å². The van der Waals surface area contributed by atoms with Crippen LogP contribution in [0.25, 0.3) is 0 Å². The van der Waals surface area contributed by atoms with Crippen LogP contribution in [-0.2, 0) is 22.8 Å². The third kappa shape index (κ3) is 2.74. The molecule has 1 N–H and O–H groups in total. The zero-order chi connectivity index (χ0) is 13.3. The van der Waals surface area contributed by atoms with Crippen molar-refractivity contribution in [3.63, 3.8) is 0 Å². The number of hydrogen-bond donors (Lipinski definition) is 1. The first kappa shape index (κ1) is 13.5. The molecule has 1 aliphatic rings. The predicted octanol–water partition coefficient (Wildman–Crippen LogP) is 0.796. The Kier molecular flexibility index (Phi) is 3.75. The topological polar surface area (TPSA) is 57.6 Å². The second-order valence-corrected chi connectivity index (χ2v) is 7.34. The van der Waals surface area contributed by atoms with Gasteiger partial charge in [-0.25, -0.2) is 8.42 Å². The summed E-state index contributed by atoms with van der Waals surface area (Å²) in [7, 11) is -3.22. The first-order chi connectivity index (χ1) is 8.39. The normalized spacial score (nSPS) is 20.2. The molecule has 1 aliphatic heterocycles. The Morgan fingerprint density at radius 1 is 1.28 bits per heavy atom. The van der Waals surface area contributed by atoms with Gasteiger partial charge in [-0.3, -0.25) is 4.90 Å². The van der Waals surface area contributed by atoms with Gasteiger partial charge in [0.25, 0.3) is 0 Å². The highest BCUT2D eigenvalue weighted by Crippen LogP contribution is 2.21. The first-order valence-electron chi connectivity index (χ1n) is 6.07. The first-order valence-corrected chi connectivity index (χ1v) is 8.03. The Morgan fingerprint density at radius 3 is 2.50 bits per heavy atom. The summed E-state index contributed by atoms with van der Waals surface area (Å²) in [6.07, 6.45) is 1.08. The number of benzene rings is 1. The van der Waals surface area contributed by atoms with E-state index in [-0.39, 0.29) is 0 Å². The standard InChI is InChI=1S/C13H19NO3S/c1-10(18(2,16)17)13(15)14-8-7-11-5-3-4-6-12(11)9-14/h3-6,10,13,15H,7-9H2,1-2H3/t10-,13-/m0/s1. The molecule has 4 nitrogen and oxygen atoms in total. The average Bonchev–Trinajstić information content (AvgIpc) is 2.35. The molecule has 2 rings (SSSR count). The van der Waals surface area contributed by atoms with Gasteiger partial charge in [0.05, 0.1) is 5.25 Å². The molecule has 0 bridgehead atoms. The van der Waals surface area contributed by atoms with Crippen LogP contribution in [0.1, 0.15) is 18.1 Å². The Labute approximate surface area is 108 Å². The van der Waals surface area contributed by atoms with Gasteiger partial charge in [0.2, 0.25) is 0 Å². The fraction of sp³-hybridized carbons (Fsp3) is 0.538. The molecule has 0 radical (unpaired) electrons. The number of hydrogen-bond acceptors (Lipinski definition) is 4. The molecule has 1 aromatic carbocycles. The van der Waals surface area contributed by atoms with Gasteiger partial charge in [-0.15, -0.1) is 0 Å². The van der Waals surface area contributed by atoms with Gasteiger partial charge < -0.3 is 5.11 Å². The molecule has 2 atom stereocenters. The van der Waals surface area contributed by atoms with E-state index in [9.17, 15) is 13.5 Å². The van der Waals surface area contributed by atoms with Crippen molar-refractivity contribution in [2.75, 3.05) is 12.8 Å². The zero-order valence-electron chi connectivity index (χ0n) is 10.7. The van der Waals surface area contributed by atoms with Crippen LogP contribution in [0.15, 0.2) is 24.3 Å². The zero-order valence-corrected chi connectivity index (χ0v) is 11.5. The van der Waals surface area contributed by atoms with E-state index in [1.54, 1.807) is 6.92 Å². The third-order valence-electron chi connectivity index (χ3n) is 3.63. The molecule has 1 aromatic rings. The van der Waals surface area contributed by atoms with Crippen molar-refractivity contribution in [2.24, 2.45) is 0 Å². The van der Waals surface area contributed by atoms with Crippen molar-refractivity contribution in [1.29, 1.82) is 0 Å². The molecule has 0 spiro atoms. The Balaban J connectivity index is 2.14. The van der Waals surface area contributed by atoms with Crippen molar-refractivity contribution in [2.45, 2.75) is 31.4 Å². The molecule has 5 heteroatoms. The molecule has 0 saturated carbocycles. The second kappa shape index (κ2) is 4.99. The van der Waals surface area contributed by atoms with E-state index in [0.29, 0.717) is 13.1 Å². The largest absolute Gasteiger partial charge is 0.377 e. The van der Waals surface area contributed by atoms with E-state index in [1.807, 2.05) is 23.1 Å². The summed E-state index contributed by atoms with van der Waals surface area (Å²) >= 11 is 0. The van der Waals surface area contributed by atoms with Crippen LogP contribution in [0.4, 0.5) is 0 Å². The maximum absolute atomic E-state index is 11.5. The molecule has 0 saturated heterocycles. The van der Waals surface area contributed by atoms with Crippen LogP contribution in [0, 0.1) is 0 Å². The summed E-state index contributed by atoms with van der Waals surface area (Å²) in [5, 5.41) is 9.39. The SMILES string of the molecule is C[C@@H]([C@H](O)N1CCc2ccccc2C1)S(C)(=O)=O. The van der Waals surface area contributed by atoms with Gasteiger partial charge in [0.1, 0.15) is 6.23 Å². The van der Waals surface area contributed by atoms with Gasteiger partial charge in [-0.1, -0.05) is 24.3 Å². The minimum Gasteiger partial charge on any atom is -0.377 e. The summed E-state index contributed by atoms with van der Waals surface area (Å²) < 4.78 is 22.9. The highest BCUT2D eigenvalue weighted by molar-refractivity contribution is 7.91. The van der Waals surface area contributed by atoms with Crippen LogP contribution in [-0.4, -0.2) is 42.7 Å². The highest BCUT2D eigenvalue weighted by atomic mass is 32.2. The minimum absolute atomic E-state index is 0.608. The molecule has 0 amide bonds. The maximum Gasteiger partial charge on any atom is 0.153 e. The van der Waals surface area contributed by atoms with Crippen molar-refractivity contribution in [1.82, 2.24) is 4.90 Å². The summed E-state index contributed by atoms with van der Waals surface area (Å²) in [4.78, 5) is 1.83. The van der Waals surface area contributed by atoms with Gasteiger partial charge >= 0.3 is 0 Å². The van der Waals surface area contributed by atoms with Crippen molar-refractivity contribution in [3.8, 4) is 0 Å². The second-order valence-electron chi connectivity index (χ2n) is 4.94. The summed E-state index contributed by atoms with van der Waals surface area (Å²) in [6, 6.07) is 8.08. The minimum atomic E-state index is -3.22. The van der Waals surface area contributed by atoms with Crippen molar-refractivity contribution in [3.05, 3.63) is 35.4 Å². The molecule has 0 unspecified atom stereocenters. The van der Waals surface area contributed by atoms with Gasteiger partial charge in [0, 0.05) is 19.3 Å². The Hall–Kier alpha value is -0.910. The predicted molar refractivity (Wildman–Crippen MR) is 70.9 cm³/mol. The third-order valence-corrected chi connectivity index (χ3v) is 5.22. The average molecular weight is 269 g/mol. The van der Waals surface area contributed by atoms with E-state index >= 15 is 0 Å². The lowest BCUT2D eigenvalue weighted by Gasteiger charge is -2.34. The van der Waals surface area contributed by atoms with Crippen LogP contribution < -0.4 is 0 Å². The molecule has 0 aromatic heterocycles. The van der Waals surface area contributed by atoms with Crippen LogP contribution in [0.5, 0.6) is 0 Å². The van der Waals surface area contributed by atoms with E-state index in [0.717, 1.165) is 6.42 Å². The molecule has 100 valence electrons. The summed E-state index contributed by atoms with van der Waals surface area (Å²) in [6.45, 7) is 2.86. The fourth-order valence-corrected chi connectivity index (χ4v) is 2.88. The number of aliphatic hydroxyl groups excluding tert-OH is 1. The molecular weight excluding hydrogens is 250 g/mol. The van der Waals surface area contributed by atoms with Crippen molar-refractivity contribution >= 4 is 9.84 Å². The lowest BCUT2D eigenvalue weighted by atomic mass is 9.99. The number of aliphatic hydroxyl groups is 1. The van der Waals surface area contributed by atoms with Crippen LogP contribution in [0.2, 0.25) is 0 Å². The number of nitrogens with zero attached hydrogens (tertiary/aromatic N) is 1. The number of rotatable bonds is 3. The lowest BCUT2D eigenvalue weighted by Crippen LogP contribution is -2.47. The molecule has 18 heavy (non-hydrogen) atoms. The fourth-order valence-electron chi connectivity index (χ4n) is 2.26. The molecule has 0 fully saturated rings. The Morgan fingerprint density at radius 2 is 1.89 bits per heavy atom.